The van der Waals surface area contributed by atoms with Crippen molar-refractivity contribution in [3.8, 4) is 0 Å². The molecule has 1 fully saturated rings. The topological polar surface area (TPSA) is 80.5 Å². The van der Waals surface area contributed by atoms with Gasteiger partial charge in [0.25, 0.3) is 5.91 Å². The molecule has 0 aromatic heterocycles. The van der Waals surface area contributed by atoms with Crippen LogP contribution < -0.4 is 5.14 Å². The second-order valence-corrected chi connectivity index (χ2v) is 7.56. The molecular formula is C15H22N2O3S. The first-order valence-corrected chi connectivity index (χ1v) is 8.69. The van der Waals surface area contributed by atoms with E-state index in [-0.39, 0.29) is 16.8 Å². The molecule has 1 amide bonds. The first-order valence-electron chi connectivity index (χ1n) is 7.14. The lowest BCUT2D eigenvalue weighted by Gasteiger charge is -2.36. The number of hydrogen-bond donors (Lipinski definition) is 1. The number of likely N-dealkylation sites (tertiary alicyclic amines) is 1. The molecule has 2 rings (SSSR count). The van der Waals surface area contributed by atoms with Gasteiger partial charge in [0.1, 0.15) is 0 Å². The van der Waals surface area contributed by atoms with E-state index in [1.807, 2.05) is 11.8 Å². The lowest BCUT2D eigenvalue weighted by molar-refractivity contribution is 0.0587. The Morgan fingerprint density at radius 2 is 2.00 bits per heavy atom. The highest BCUT2D eigenvalue weighted by Crippen LogP contribution is 2.25. The minimum atomic E-state index is -3.80. The predicted octanol–water partition coefficient (Wildman–Crippen LogP) is 1.90. The molecule has 0 spiro atoms. The fourth-order valence-electron chi connectivity index (χ4n) is 2.87. The van der Waals surface area contributed by atoms with Gasteiger partial charge in [0.05, 0.1) is 4.90 Å². The second-order valence-electron chi connectivity index (χ2n) is 6.00. The third-order valence-corrected chi connectivity index (χ3v) is 5.08. The highest BCUT2D eigenvalue weighted by molar-refractivity contribution is 7.89. The lowest BCUT2D eigenvalue weighted by atomic mass is 9.92. The minimum absolute atomic E-state index is 0.0190. The molecule has 0 saturated carbocycles. The van der Waals surface area contributed by atoms with E-state index in [0.717, 1.165) is 18.4 Å². The molecule has 0 aliphatic carbocycles. The van der Waals surface area contributed by atoms with Crippen LogP contribution in [-0.4, -0.2) is 31.8 Å². The first kappa shape index (κ1) is 16.0. The van der Waals surface area contributed by atoms with Gasteiger partial charge in [0.15, 0.2) is 0 Å². The average Bonchev–Trinajstić information content (AvgIpc) is 2.37. The Hall–Kier alpha value is -1.40. The molecule has 0 bridgehead atoms. The number of carbonyl (C=O) groups excluding carboxylic acids is 1. The van der Waals surface area contributed by atoms with E-state index in [2.05, 4.69) is 6.92 Å². The Bertz CT molecular complexity index is 655. The normalized spacial score (nSPS) is 23.1. The molecule has 116 valence electrons. The summed E-state index contributed by atoms with van der Waals surface area (Å²) in [5.41, 5.74) is 1.18. The van der Waals surface area contributed by atoms with Crippen LogP contribution in [0.1, 0.15) is 42.6 Å². The number of hydrogen-bond acceptors (Lipinski definition) is 3. The molecule has 1 aliphatic rings. The number of carbonyl (C=O) groups is 1. The highest BCUT2D eigenvalue weighted by Gasteiger charge is 2.28. The fraction of sp³-hybridized carbons (Fsp3) is 0.533. The molecule has 1 aromatic rings. The summed E-state index contributed by atoms with van der Waals surface area (Å²) < 4.78 is 22.9. The van der Waals surface area contributed by atoms with E-state index in [1.165, 1.54) is 12.1 Å². The standard InChI is InChI=1S/C15H22N2O3S/c1-10-6-7-17(12(3)8-10)15(18)14-9-13(21(16,19)20)5-4-11(14)2/h4-5,9-10,12H,6-8H2,1-3H3,(H2,16,19,20). The predicted molar refractivity (Wildman–Crippen MR) is 81.4 cm³/mol. The van der Waals surface area contributed by atoms with Crippen molar-refractivity contribution in [3.05, 3.63) is 29.3 Å². The van der Waals surface area contributed by atoms with Gasteiger partial charge in [-0.3, -0.25) is 4.79 Å². The monoisotopic (exact) mass is 310 g/mol. The van der Waals surface area contributed by atoms with Crippen LogP contribution in [-0.2, 0) is 10.0 Å². The van der Waals surface area contributed by atoms with E-state index < -0.39 is 10.0 Å². The van der Waals surface area contributed by atoms with Crippen molar-refractivity contribution >= 4 is 15.9 Å². The van der Waals surface area contributed by atoms with E-state index in [0.29, 0.717) is 18.0 Å². The Kier molecular flexibility index (Phi) is 4.39. The third-order valence-electron chi connectivity index (χ3n) is 4.17. The summed E-state index contributed by atoms with van der Waals surface area (Å²) in [5, 5.41) is 5.15. The first-order chi connectivity index (χ1) is 9.70. The number of primary sulfonamides is 1. The lowest BCUT2D eigenvalue weighted by Crippen LogP contribution is -2.44. The van der Waals surface area contributed by atoms with E-state index >= 15 is 0 Å². The average molecular weight is 310 g/mol. The van der Waals surface area contributed by atoms with Gasteiger partial charge in [-0.2, -0.15) is 0 Å². The largest absolute Gasteiger partial charge is 0.336 e. The maximum atomic E-state index is 12.7. The molecule has 2 unspecified atom stereocenters. The molecule has 1 heterocycles. The maximum Gasteiger partial charge on any atom is 0.254 e. The summed E-state index contributed by atoms with van der Waals surface area (Å²) in [6.07, 6.45) is 1.95. The van der Waals surface area contributed by atoms with Crippen molar-refractivity contribution in [1.82, 2.24) is 4.90 Å². The second kappa shape index (κ2) is 5.77. The van der Waals surface area contributed by atoms with Gasteiger partial charge in [0.2, 0.25) is 10.0 Å². The zero-order chi connectivity index (χ0) is 15.8. The van der Waals surface area contributed by atoms with E-state index in [4.69, 9.17) is 5.14 Å². The molecule has 0 radical (unpaired) electrons. The summed E-state index contributed by atoms with van der Waals surface area (Å²) in [6.45, 7) is 6.73. The Morgan fingerprint density at radius 1 is 1.33 bits per heavy atom. The van der Waals surface area contributed by atoms with Crippen molar-refractivity contribution in [3.63, 3.8) is 0 Å². The van der Waals surface area contributed by atoms with Crippen LogP contribution >= 0.6 is 0 Å². The van der Waals surface area contributed by atoms with Crippen LogP contribution in [0.15, 0.2) is 23.1 Å². The summed E-state index contributed by atoms with van der Waals surface area (Å²) in [4.78, 5) is 14.5. The number of rotatable bonds is 2. The number of aryl methyl sites for hydroxylation is 1. The van der Waals surface area contributed by atoms with Gasteiger partial charge in [-0.1, -0.05) is 13.0 Å². The van der Waals surface area contributed by atoms with Gasteiger partial charge in [-0.05, 0) is 50.3 Å². The number of amides is 1. The summed E-state index contributed by atoms with van der Waals surface area (Å²) in [7, 11) is -3.80. The minimum Gasteiger partial charge on any atom is -0.336 e. The van der Waals surface area contributed by atoms with Crippen molar-refractivity contribution in [1.29, 1.82) is 0 Å². The van der Waals surface area contributed by atoms with Crippen LogP contribution in [0, 0.1) is 12.8 Å². The maximum absolute atomic E-state index is 12.7. The van der Waals surface area contributed by atoms with E-state index in [9.17, 15) is 13.2 Å². The molecule has 1 saturated heterocycles. The highest BCUT2D eigenvalue weighted by atomic mass is 32.2. The quantitative estimate of drug-likeness (QED) is 0.906. The zero-order valence-electron chi connectivity index (χ0n) is 12.7. The molecule has 6 heteroatoms. The molecular weight excluding hydrogens is 288 g/mol. The van der Waals surface area contributed by atoms with Gasteiger partial charge in [0, 0.05) is 18.2 Å². The molecule has 1 aromatic carbocycles. The van der Waals surface area contributed by atoms with Crippen molar-refractivity contribution in [2.75, 3.05) is 6.54 Å². The van der Waals surface area contributed by atoms with Crippen LogP contribution in [0.4, 0.5) is 0 Å². The summed E-state index contributed by atoms with van der Waals surface area (Å²) in [5.74, 6) is 0.498. The number of piperidine rings is 1. The Morgan fingerprint density at radius 3 is 2.57 bits per heavy atom. The third kappa shape index (κ3) is 3.44. The molecule has 1 aliphatic heterocycles. The van der Waals surface area contributed by atoms with Gasteiger partial charge < -0.3 is 4.90 Å². The number of nitrogens with two attached hydrogens (primary N) is 1. The Balaban J connectivity index is 2.35. The smallest absolute Gasteiger partial charge is 0.254 e. The van der Waals surface area contributed by atoms with Gasteiger partial charge >= 0.3 is 0 Å². The van der Waals surface area contributed by atoms with Crippen molar-refractivity contribution < 1.29 is 13.2 Å². The fourth-order valence-corrected chi connectivity index (χ4v) is 3.41. The van der Waals surface area contributed by atoms with Crippen LogP contribution in [0.25, 0.3) is 0 Å². The molecule has 2 N–H and O–H groups in total. The van der Waals surface area contributed by atoms with Crippen molar-refractivity contribution in [2.45, 2.75) is 44.6 Å². The zero-order valence-corrected chi connectivity index (χ0v) is 13.5. The van der Waals surface area contributed by atoms with Crippen LogP contribution in [0.2, 0.25) is 0 Å². The molecule has 2 atom stereocenters. The van der Waals surface area contributed by atoms with Gasteiger partial charge in [-0.15, -0.1) is 0 Å². The SMILES string of the molecule is Cc1ccc(S(N)(=O)=O)cc1C(=O)N1CCC(C)CC1C. The van der Waals surface area contributed by atoms with E-state index in [1.54, 1.807) is 13.0 Å². The van der Waals surface area contributed by atoms with Crippen molar-refractivity contribution in [2.24, 2.45) is 11.1 Å². The van der Waals surface area contributed by atoms with Crippen LogP contribution in [0.5, 0.6) is 0 Å². The van der Waals surface area contributed by atoms with Crippen LogP contribution in [0.3, 0.4) is 0 Å². The number of benzene rings is 1. The summed E-state index contributed by atoms with van der Waals surface area (Å²) in [6, 6.07) is 4.62. The van der Waals surface area contributed by atoms with Gasteiger partial charge in [-0.25, -0.2) is 13.6 Å². The molecule has 5 nitrogen and oxygen atoms in total. The Labute approximate surface area is 126 Å². The number of sulfonamides is 1. The molecule has 21 heavy (non-hydrogen) atoms. The number of nitrogens with zero attached hydrogens (tertiary/aromatic N) is 1. The summed E-state index contributed by atoms with van der Waals surface area (Å²) >= 11 is 0.